The van der Waals surface area contributed by atoms with Crippen LogP contribution in [-0.2, 0) is 4.74 Å². The minimum atomic E-state index is -0.531. The fourth-order valence-electron chi connectivity index (χ4n) is 2.76. The quantitative estimate of drug-likeness (QED) is 0.783. The molecule has 0 bridgehead atoms. The molecule has 1 aliphatic carbocycles. The molecule has 0 spiro atoms. The fourth-order valence-corrected chi connectivity index (χ4v) is 2.76. The van der Waals surface area contributed by atoms with Gasteiger partial charge in [-0.2, -0.15) is 0 Å². The number of carbonyl (C=O) groups is 1. The minimum Gasteiger partial charge on any atom is -0.444 e. The Morgan fingerprint density at radius 3 is 2.22 bits per heavy atom. The highest BCUT2D eigenvalue weighted by Crippen LogP contribution is 2.41. The molecule has 2 fully saturated rings. The normalized spacial score (nSPS) is 24.6. The molecule has 1 N–H and O–H groups in total. The monoisotopic (exact) mass is 255 g/mol. The topological polar surface area (TPSA) is 49.8 Å². The largest absolute Gasteiger partial charge is 0.444 e. The average molecular weight is 255 g/mol. The average Bonchev–Trinajstić information content (AvgIpc) is 2.12. The Balaban J connectivity index is 1.84. The molecule has 2 aliphatic rings. The van der Waals surface area contributed by atoms with Gasteiger partial charge in [-0.25, -0.2) is 4.79 Å². The summed E-state index contributed by atoms with van der Waals surface area (Å²) in [5.41, 5.74) is -0.977. The molecular formula is C14H25NO3. The van der Waals surface area contributed by atoms with Gasteiger partial charge in [-0.3, -0.25) is 0 Å². The summed E-state index contributed by atoms with van der Waals surface area (Å²) in [6.07, 6.45) is 4.65. The van der Waals surface area contributed by atoms with Crippen molar-refractivity contribution in [1.82, 2.24) is 4.90 Å². The van der Waals surface area contributed by atoms with E-state index in [0.717, 1.165) is 12.8 Å². The Morgan fingerprint density at radius 2 is 1.83 bits per heavy atom. The van der Waals surface area contributed by atoms with Crippen molar-refractivity contribution in [3.8, 4) is 0 Å². The standard InChI is InChI=1S/C14H25NO3/c1-13(2,3)18-12(16)15-9-7-14(17,8-10-15)11-5-4-6-11/h11,17H,4-10H2,1-3H3. The maximum absolute atomic E-state index is 11.9. The molecule has 1 aliphatic heterocycles. The third-order valence-corrected chi connectivity index (χ3v) is 4.15. The Bertz CT molecular complexity index is 309. The van der Waals surface area contributed by atoms with Crippen LogP contribution in [0.25, 0.3) is 0 Å². The summed E-state index contributed by atoms with van der Waals surface area (Å²) in [6, 6.07) is 0. The van der Waals surface area contributed by atoms with Gasteiger partial charge in [0.05, 0.1) is 5.60 Å². The second-order valence-corrected chi connectivity index (χ2v) is 6.70. The van der Waals surface area contributed by atoms with Crippen LogP contribution in [0.5, 0.6) is 0 Å². The maximum atomic E-state index is 11.9. The zero-order valence-corrected chi connectivity index (χ0v) is 11.7. The highest BCUT2D eigenvalue weighted by atomic mass is 16.6. The van der Waals surface area contributed by atoms with Gasteiger partial charge in [0, 0.05) is 13.1 Å². The number of hydrogen-bond acceptors (Lipinski definition) is 3. The van der Waals surface area contributed by atoms with E-state index in [-0.39, 0.29) is 6.09 Å². The highest BCUT2D eigenvalue weighted by Gasteiger charge is 2.43. The predicted octanol–water partition coefficient (Wildman–Crippen LogP) is 2.55. The second-order valence-electron chi connectivity index (χ2n) is 6.70. The first-order chi connectivity index (χ1) is 8.30. The van der Waals surface area contributed by atoms with Crippen molar-refractivity contribution >= 4 is 6.09 Å². The predicted molar refractivity (Wildman–Crippen MR) is 69.3 cm³/mol. The van der Waals surface area contributed by atoms with Crippen LogP contribution in [0.1, 0.15) is 52.9 Å². The lowest BCUT2D eigenvalue weighted by molar-refractivity contribution is -0.0910. The van der Waals surface area contributed by atoms with Crippen molar-refractivity contribution in [2.75, 3.05) is 13.1 Å². The lowest BCUT2D eigenvalue weighted by atomic mass is 9.69. The van der Waals surface area contributed by atoms with Crippen molar-refractivity contribution < 1.29 is 14.6 Å². The Kier molecular flexibility index (Phi) is 3.58. The number of carbonyl (C=O) groups excluding carboxylic acids is 1. The summed E-state index contributed by atoms with van der Waals surface area (Å²) < 4.78 is 5.35. The lowest BCUT2D eigenvalue weighted by Gasteiger charge is -2.46. The van der Waals surface area contributed by atoms with Gasteiger partial charge in [-0.1, -0.05) is 6.42 Å². The molecule has 0 aromatic heterocycles. The van der Waals surface area contributed by atoms with Crippen LogP contribution in [0.4, 0.5) is 4.79 Å². The van der Waals surface area contributed by atoms with Crippen molar-refractivity contribution in [2.24, 2.45) is 5.92 Å². The van der Waals surface area contributed by atoms with Gasteiger partial charge < -0.3 is 14.7 Å². The molecule has 1 amide bonds. The van der Waals surface area contributed by atoms with E-state index in [1.165, 1.54) is 6.42 Å². The molecule has 1 heterocycles. The SMILES string of the molecule is CC(C)(C)OC(=O)N1CCC(O)(C2CCC2)CC1. The molecular weight excluding hydrogens is 230 g/mol. The number of amides is 1. The number of likely N-dealkylation sites (tertiary alicyclic amines) is 1. The molecule has 104 valence electrons. The van der Waals surface area contributed by atoms with Crippen LogP contribution in [0.3, 0.4) is 0 Å². The summed E-state index contributed by atoms with van der Waals surface area (Å²) in [7, 11) is 0. The molecule has 4 heteroatoms. The van der Waals surface area contributed by atoms with Gasteiger partial charge in [0.15, 0.2) is 0 Å². The zero-order chi connectivity index (χ0) is 13.4. The van der Waals surface area contributed by atoms with Crippen molar-refractivity contribution in [2.45, 2.75) is 64.1 Å². The molecule has 0 radical (unpaired) electrons. The third kappa shape index (κ3) is 2.97. The Labute approximate surface area is 109 Å². The van der Waals surface area contributed by atoms with Gasteiger partial charge in [0.1, 0.15) is 5.60 Å². The summed E-state index contributed by atoms with van der Waals surface area (Å²) in [4.78, 5) is 13.6. The smallest absolute Gasteiger partial charge is 0.410 e. The first-order valence-corrected chi connectivity index (χ1v) is 7.00. The molecule has 1 saturated carbocycles. The molecule has 0 atom stereocenters. The molecule has 0 aromatic rings. The van der Waals surface area contributed by atoms with E-state index < -0.39 is 11.2 Å². The van der Waals surface area contributed by atoms with Gasteiger partial charge in [0.2, 0.25) is 0 Å². The number of hydrogen-bond donors (Lipinski definition) is 1. The van der Waals surface area contributed by atoms with E-state index in [0.29, 0.717) is 31.8 Å². The van der Waals surface area contributed by atoms with Crippen LogP contribution >= 0.6 is 0 Å². The zero-order valence-electron chi connectivity index (χ0n) is 11.7. The van der Waals surface area contributed by atoms with E-state index in [9.17, 15) is 9.90 Å². The van der Waals surface area contributed by atoms with E-state index in [1.807, 2.05) is 20.8 Å². The molecule has 0 unspecified atom stereocenters. The van der Waals surface area contributed by atoms with Crippen molar-refractivity contribution in [1.29, 1.82) is 0 Å². The van der Waals surface area contributed by atoms with Crippen molar-refractivity contribution in [3.63, 3.8) is 0 Å². The molecule has 2 rings (SSSR count). The van der Waals surface area contributed by atoms with Crippen LogP contribution in [0.2, 0.25) is 0 Å². The van der Waals surface area contributed by atoms with Gasteiger partial charge >= 0.3 is 6.09 Å². The number of aliphatic hydroxyl groups is 1. The van der Waals surface area contributed by atoms with E-state index in [1.54, 1.807) is 4.90 Å². The highest BCUT2D eigenvalue weighted by molar-refractivity contribution is 5.68. The summed E-state index contributed by atoms with van der Waals surface area (Å²) in [6.45, 7) is 6.85. The van der Waals surface area contributed by atoms with Crippen LogP contribution in [-0.4, -0.2) is 40.4 Å². The van der Waals surface area contributed by atoms with Gasteiger partial charge in [0.25, 0.3) is 0 Å². The van der Waals surface area contributed by atoms with E-state index in [2.05, 4.69) is 0 Å². The number of piperidine rings is 1. The summed E-state index contributed by atoms with van der Waals surface area (Å²) in [5.74, 6) is 0.457. The minimum absolute atomic E-state index is 0.252. The van der Waals surface area contributed by atoms with Gasteiger partial charge in [-0.05, 0) is 52.4 Å². The third-order valence-electron chi connectivity index (χ3n) is 4.15. The Morgan fingerprint density at radius 1 is 1.28 bits per heavy atom. The first kappa shape index (κ1) is 13.7. The summed E-state index contributed by atoms with van der Waals surface area (Å²) >= 11 is 0. The van der Waals surface area contributed by atoms with Crippen LogP contribution in [0.15, 0.2) is 0 Å². The number of ether oxygens (including phenoxy) is 1. The van der Waals surface area contributed by atoms with Crippen LogP contribution < -0.4 is 0 Å². The van der Waals surface area contributed by atoms with E-state index >= 15 is 0 Å². The fraction of sp³-hybridized carbons (Fsp3) is 0.929. The van der Waals surface area contributed by atoms with Crippen LogP contribution in [0, 0.1) is 5.92 Å². The molecule has 1 saturated heterocycles. The van der Waals surface area contributed by atoms with E-state index in [4.69, 9.17) is 4.74 Å². The van der Waals surface area contributed by atoms with Crippen molar-refractivity contribution in [3.05, 3.63) is 0 Å². The number of nitrogens with zero attached hydrogens (tertiary/aromatic N) is 1. The van der Waals surface area contributed by atoms with Gasteiger partial charge in [-0.15, -0.1) is 0 Å². The first-order valence-electron chi connectivity index (χ1n) is 7.00. The maximum Gasteiger partial charge on any atom is 0.410 e. The second kappa shape index (κ2) is 4.72. The molecule has 18 heavy (non-hydrogen) atoms. The number of rotatable bonds is 1. The lowest BCUT2D eigenvalue weighted by Crippen LogP contribution is -2.52. The summed E-state index contributed by atoms with van der Waals surface area (Å²) in [5, 5.41) is 10.5. The Hall–Kier alpha value is -0.770. The molecule has 0 aromatic carbocycles. The molecule has 4 nitrogen and oxygen atoms in total.